The van der Waals surface area contributed by atoms with Crippen molar-refractivity contribution in [3.05, 3.63) is 59.1 Å². The van der Waals surface area contributed by atoms with Gasteiger partial charge in [-0.05, 0) is 36.8 Å². The number of para-hydroxylation sites is 1. The van der Waals surface area contributed by atoms with Gasteiger partial charge in [0.1, 0.15) is 17.4 Å². The number of hydrogen-bond donors (Lipinski definition) is 1. The van der Waals surface area contributed by atoms with Gasteiger partial charge in [0.05, 0.1) is 16.3 Å². The van der Waals surface area contributed by atoms with E-state index in [1.54, 1.807) is 18.3 Å². The maximum Gasteiger partial charge on any atom is 0.140 e. The number of benzene rings is 2. The lowest BCUT2D eigenvalue weighted by atomic mass is 10.1. The Morgan fingerprint density at radius 1 is 1.20 bits per heavy atom. The molecule has 2 aromatic carbocycles. The minimum Gasteiger partial charge on any atom is -0.486 e. The highest BCUT2D eigenvalue weighted by atomic mass is 32.1. The second-order valence-corrected chi connectivity index (χ2v) is 5.73. The van der Waals surface area contributed by atoms with E-state index in [1.165, 1.54) is 4.70 Å². The predicted molar refractivity (Wildman–Crippen MR) is 81.0 cm³/mol. The summed E-state index contributed by atoms with van der Waals surface area (Å²) in [7, 11) is 0. The molecule has 0 amide bonds. The van der Waals surface area contributed by atoms with Gasteiger partial charge in [0.15, 0.2) is 0 Å². The Balaban J connectivity index is 1.74. The van der Waals surface area contributed by atoms with Gasteiger partial charge in [-0.1, -0.05) is 24.3 Å². The molecule has 3 rings (SSSR count). The van der Waals surface area contributed by atoms with E-state index in [1.807, 2.05) is 42.5 Å². The number of hydrogen-bond acceptors (Lipinski definition) is 4. The molecule has 102 valence electrons. The third-order valence-corrected chi connectivity index (χ3v) is 4.05. The summed E-state index contributed by atoms with van der Waals surface area (Å²) in [6.07, 6.45) is -0.485. The van der Waals surface area contributed by atoms with Crippen LogP contribution in [0.1, 0.15) is 23.6 Å². The van der Waals surface area contributed by atoms with E-state index in [2.05, 4.69) is 11.1 Å². The van der Waals surface area contributed by atoms with Crippen molar-refractivity contribution < 1.29 is 9.84 Å². The normalized spacial score (nSPS) is 12.5. The lowest BCUT2D eigenvalue weighted by molar-refractivity contribution is 0.198. The van der Waals surface area contributed by atoms with Gasteiger partial charge in [0.25, 0.3) is 0 Å². The molecule has 0 aliphatic rings. The largest absolute Gasteiger partial charge is 0.486 e. The number of rotatable bonds is 4. The molecule has 0 aliphatic heterocycles. The van der Waals surface area contributed by atoms with Crippen molar-refractivity contribution in [3.8, 4) is 5.75 Å². The van der Waals surface area contributed by atoms with E-state index in [0.29, 0.717) is 6.61 Å². The fourth-order valence-corrected chi connectivity index (χ4v) is 2.87. The van der Waals surface area contributed by atoms with Crippen LogP contribution in [-0.2, 0) is 6.61 Å². The fourth-order valence-electron chi connectivity index (χ4n) is 1.99. The Kier molecular flexibility index (Phi) is 3.67. The molecule has 0 spiro atoms. The lowest BCUT2D eigenvalue weighted by Crippen LogP contribution is -1.96. The van der Waals surface area contributed by atoms with Gasteiger partial charge in [-0.15, -0.1) is 11.3 Å². The third-order valence-electron chi connectivity index (χ3n) is 3.04. The third kappa shape index (κ3) is 2.81. The highest BCUT2D eigenvalue weighted by Gasteiger charge is 2.05. The summed E-state index contributed by atoms with van der Waals surface area (Å²) >= 11 is 1.64. The zero-order valence-electron chi connectivity index (χ0n) is 11.1. The zero-order chi connectivity index (χ0) is 13.9. The van der Waals surface area contributed by atoms with Crippen LogP contribution in [0.5, 0.6) is 5.75 Å². The van der Waals surface area contributed by atoms with E-state index in [-0.39, 0.29) is 0 Å². The highest BCUT2D eigenvalue weighted by Crippen LogP contribution is 2.24. The van der Waals surface area contributed by atoms with Gasteiger partial charge in [-0.3, -0.25) is 0 Å². The Hall–Kier alpha value is -1.91. The standard InChI is InChI=1S/C16H15NO2S/c1-11(18)12-5-4-6-13(9-12)19-10-16-17-14-7-2-3-8-15(14)20-16/h2-9,11,18H,10H2,1H3/t11-/m0/s1. The second kappa shape index (κ2) is 5.61. The molecule has 0 unspecified atom stereocenters. The summed E-state index contributed by atoms with van der Waals surface area (Å²) in [4.78, 5) is 4.53. The van der Waals surface area contributed by atoms with Crippen molar-refractivity contribution in [1.29, 1.82) is 0 Å². The summed E-state index contributed by atoms with van der Waals surface area (Å²) in [6, 6.07) is 15.6. The minimum atomic E-state index is -0.485. The maximum absolute atomic E-state index is 9.56. The van der Waals surface area contributed by atoms with Crippen molar-refractivity contribution in [3.63, 3.8) is 0 Å². The molecule has 4 heteroatoms. The molecule has 0 saturated carbocycles. The average Bonchev–Trinajstić information content (AvgIpc) is 2.88. The topological polar surface area (TPSA) is 42.4 Å². The van der Waals surface area contributed by atoms with Crippen LogP contribution >= 0.6 is 11.3 Å². The molecule has 0 radical (unpaired) electrons. The molecule has 1 heterocycles. The number of aliphatic hydroxyl groups is 1. The zero-order valence-corrected chi connectivity index (χ0v) is 11.9. The Labute approximate surface area is 121 Å². The van der Waals surface area contributed by atoms with E-state index < -0.39 is 6.10 Å². The Morgan fingerprint density at radius 2 is 2.05 bits per heavy atom. The molecule has 0 aliphatic carbocycles. The molecule has 1 atom stereocenters. The molecule has 1 N–H and O–H groups in total. The molecule has 20 heavy (non-hydrogen) atoms. The summed E-state index contributed by atoms with van der Waals surface area (Å²) in [5, 5.41) is 10.5. The lowest BCUT2D eigenvalue weighted by Gasteiger charge is -2.08. The van der Waals surface area contributed by atoms with Crippen molar-refractivity contribution >= 4 is 21.6 Å². The van der Waals surface area contributed by atoms with Crippen molar-refractivity contribution in [2.45, 2.75) is 19.6 Å². The summed E-state index contributed by atoms with van der Waals surface area (Å²) < 4.78 is 6.92. The molecule has 0 saturated heterocycles. The molecular formula is C16H15NO2S. The van der Waals surface area contributed by atoms with E-state index in [4.69, 9.17) is 4.74 Å². The number of fused-ring (bicyclic) bond motifs is 1. The first-order valence-electron chi connectivity index (χ1n) is 6.47. The Bertz CT molecular complexity index is 688. The van der Waals surface area contributed by atoms with E-state index >= 15 is 0 Å². The molecule has 3 nitrogen and oxygen atoms in total. The number of nitrogens with zero attached hydrogens (tertiary/aromatic N) is 1. The van der Waals surface area contributed by atoms with Crippen LogP contribution < -0.4 is 4.74 Å². The monoisotopic (exact) mass is 285 g/mol. The van der Waals surface area contributed by atoms with Gasteiger partial charge in [0.2, 0.25) is 0 Å². The van der Waals surface area contributed by atoms with E-state index in [0.717, 1.165) is 21.8 Å². The van der Waals surface area contributed by atoms with E-state index in [9.17, 15) is 5.11 Å². The van der Waals surface area contributed by atoms with Gasteiger partial charge in [-0.25, -0.2) is 4.98 Å². The van der Waals surface area contributed by atoms with Crippen LogP contribution in [0.25, 0.3) is 10.2 Å². The van der Waals surface area contributed by atoms with Crippen molar-refractivity contribution in [2.24, 2.45) is 0 Å². The maximum atomic E-state index is 9.56. The van der Waals surface area contributed by atoms with Gasteiger partial charge in [-0.2, -0.15) is 0 Å². The van der Waals surface area contributed by atoms with Gasteiger partial charge < -0.3 is 9.84 Å². The molecule has 0 bridgehead atoms. The molecule has 1 aromatic heterocycles. The SMILES string of the molecule is C[C@H](O)c1cccc(OCc2nc3ccccc3s2)c1. The first-order valence-corrected chi connectivity index (χ1v) is 7.29. The van der Waals surface area contributed by atoms with Crippen LogP contribution in [0.4, 0.5) is 0 Å². The van der Waals surface area contributed by atoms with Crippen LogP contribution in [0.2, 0.25) is 0 Å². The fraction of sp³-hybridized carbons (Fsp3) is 0.188. The minimum absolute atomic E-state index is 0.447. The van der Waals surface area contributed by atoms with Gasteiger partial charge >= 0.3 is 0 Å². The van der Waals surface area contributed by atoms with Crippen LogP contribution in [0, 0.1) is 0 Å². The molecule has 0 fully saturated rings. The van der Waals surface area contributed by atoms with Crippen molar-refractivity contribution in [1.82, 2.24) is 4.98 Å². The first-order chi connectivity index (χ1) is 9.72. The summed E-state index contributed by atoms with van der Waals surface area (Å²) in [5.41, 5.74) is 1.86. The van der Waals surface area contributed by atoms with Gasteiger partial charge in [0, 0.05) is 0 Å². The first kappa shape index (κ1) is 13.1. The highest BCUT2D eigenvalue weighted by molar-refractivity contribution is 7.18. The predicted octanol–water partition coefficient (Wildman–Crippen LogP) is 3.93. The quantitative estimate of drug-likeness (QED) is 0.789. The molecular weight excluding hydrogens is 270 g/mol. The number of aliphatic hydroxyl groups excluding tert-OH is 1. The number of ether oxygens (including phenoxy) is 1. The molecule has 3 aromatic rings. The van der Waals surface area contributed by atoms with Crippen LogP contribution in [0.15, 0.2) is 48.5 Å². The van der Waals surface area contributed by atoms with Crippen LogP contribution in [-0.4, -0.2) is 10.1 Å². The second-order valence-electron chi connectivity index (χ2n) is 4.61. The van der Waals surface area contributed by atoms with Crippen LogP contribution in [0.3, 0.4) is 0 Å². The van der Waals surface area contributed by atoms with Crippen molar-refractivity contribution in [2.75, 3.05) is 0 Å². The number of aromatic nitrogens is 1. The smallest absolute Gasteiger partial charge is 0.140 e. The summed E-state index contributed by atoms with van der Waals surface area (Å²) in [6.45, 7) is 2.19. The Morgan fingerprint density at radius 3 is 2.85 bits per heavy atom. The summed E-state index contributed by atoms with van der Waals surface area (Å²) in [5.74, 6) is 0.752. The average molecular weight is 285 g/mol. The number of thiazole rings is 1.